The minimum Gasteiger partial charge on any atom is -0.508 e. The molecule has 4 heteroatoms. The molecule has 1 N–H and O–H groups in total. The van der Waals surface area contributed by atoms with E-state index >= 15 is 0 Å². The van der Waals surface area contributed by atoms with E-state index in [-0.39, 0.29) is 5.75 Å². The van der Waals surface area contributed by atoms with Crippen molar-refractivity contribution in [3.63, 3.8) is 0 Å². The first-order valence-electron chi connectivity index (χ1n) is 6.28. The topological polar surface area (TPSA) is 37.5 Å². The lowest BCUT2D eigenvalue weighted by atomic mass is 10.2. The molecule has 0 spiro atoms. The predicted molar refractivity (Wildman–Crippen MR) is 82.1 cm³/mol. The molecule has 1 aromatic heterocycles. The smallest absolute Gasteiger partial charge is 0.190 e. The van der Waals surface area contributed by atoms with Gasteiger partial charge < -0.3 is 9.67 Å². The normalized spacial score (nSPS) is 11.8. The number of aromatic hydroxyl groups is 1. The van der Waals surface area contributed by atoms with E-state index < -0.39 is 0 Å². The summed E-state index contributed by atoms with van der Waals surface area (Å²) in [5.74, 6) is 0.254. The second-order valence-electron chi connectivity index (χ2n) is 4.46. The predicted octanol–water partition coefficient (Wildman–Crippen LogP) is 3.69. The Morgan fingerprint density at radius 3 is 2.40 bits per heavy atom. The first-order valence-corrected chi connectivity index (χ1v) is 7.16. The van der Waals surface area contributed by atoms with Gasteiger partial charge in [0.2, 0.25) is 0 Å². The lowest BCUT2D eigenvalue weighted by Gasteiger charge is -2.02. The van der Waals surface area contributed by atoms with Crippen LogP contribution in [0.25, 0.3) is 11.3 Å². The molecule has 0 aliphatic heterocycles. The summed E-state index contributed by atoms with van der Waals surface area (Å²) in [7, 11) is 2.01. The van der Waals surface area contributed by atoms with E-state index in [1.165, 1.54) is 5.56 Å². The Hall–Kier alpha value is -2.33. The molecule has 2 aromatic carbocycles. The number of aromatic nitrogens is 1. The summed E-state index contributed by atoms with van der Waals surface area (Å²) in [6.45, 7) is 0. The minimum absolute atomic E-state index is 0.254. The van der Waals surface area contributed by atoms with E-state index in [0.717, 1.165) is 16.2 Å². The molecule has 0 aliphatic carbocycles. The molecule has 0 saturated heterocycles. The largest absolute Gasteiger partial charge is 0.508 e. The molecule has 0 fully saturated rings. The molecule has 0 amide bonds. The van der Waals surface area contributed by atoms with Crippen LogP contribution >= 0.6 is 11.3 Å². The Kier molecular flexibility index (Phi) is 3.39. The van der Waals surface area contributed by atoms with Crippen molar-refractivity contribution < 1.29 is 5.11 Å². The van der Waals surface area contributed by atoms with Crippen molar-refractivity contribution in [1.82, 2.24) is 4.57 Å². The fraction of sp³-hybridized carbons (Fsp3) is 0.0625. The lowest BCUT2D eigenvalue weighted by molar-refractivity contribution is 0.475. The Balaban J connectivity index is 2.04. The summed E-state index contributed by atoms with van der Waals surface area (Å²) < 4.78 is 2.08. The number of rotatable bonds is 2. The molecular weight excluding hydrogens is 268 g/mol. The van der Waals surface area contributed by atoms with Crippen LogP contribution in [0.4, 0.5) is 5.69 Å². The molecule has 0 atom stereocenters. The number of nitrogens with zero attached hydrogens (tertiary/aromatic N) is 2. The van der Waals surface area contributed by atoms with Crippen molar-refractivity contribution in [2.45, 2.75) is 0 Å². The van der Waals surface area contributed by atoms with Crippen LogP contribution in [-0.2, 0) is 7.05 Å². The number of hydrogen-bond acceptors (Lipinski definition) is 3. The summed E-state index contributed by atoms with van der Waals surface area (Å²) in [5.41, 5.74) is 3.16. The Morgan fingerprint density at radius 2 is 1.70 bits per heavy atom. The summed E-state index contributed by atoms with van der Waals surface area (Å²) >= 11 is 1.60. The third-order valence-corrected chi connectivity index (χ3v) is 3.99. The van der Waals surface area contributed by atoms with Gasteiger partial charge in [-0.05, 0) is 29.8 Å². The first-order chi connectivity index (χ1) is 9.74. The number of hydrogen-bond donors (Lipinski definition) is 1. The standard InChI is InChI=1S/C16H14N2OS/c1-18-15(12-5-3-2-4-6-12)11-20-16(18)17-13-7-9-14(19)10-8-13/h2-11,19H,1H3. The Morgan fingerprint density at radius 1 is 1.00 bits per heavy atom. The fourth-order valence-corrected chi connectivity index (χ4v) is 2.91. The molecule has 1 heterocycles. The first kappa shape index (κ1) is 12.7. The number of thiazole rings is 1. The van der Waals surface area contributed by atoms with Gasteiger partial charge in [-0.25, -0.2) is 4.99 Å². The molecule has 20 heavy (non-hydrogen) atoms. The molecule has 0 unspecified atom stereocenters. The average molecular weight is 282 g/mol. The summed E-state index contributed by atoms with van der Waals surface area (Å²) in [6, 6.07) is 17.1. The monoisotopic (exact) mass is 282 g/mol. The van der Waals surface area contributed by atoms with Crippen molar-refractivity contribution in [2.75, 3.05) is 0 Å². The highest BCUT2D eigenvalue weighted by Gasteiger charge is 2.03. The van der Waals surface area contributed by atoms with E-state index in [4.69, 9.17) is 0 Å². The van der Waals surface area contributed by atoms with Gasteiger partial charge in [-0.1, -0.05) is 30.3 Å². The van der Waals surface area contributed by atoms with Gasteiger partial charge in [0, 0.05) is 12.4 Å². The zero-order chi connectivity index (χ0) is 13.9. The molecule has 0 bridgehead atoms. The number of phenolic OH excluding ortho intramolecular Hbond substituents is 1. The molecule has 3 nitrogen and oxygen atoms in total. The molecular formula is C16H14N2OS. The minimum atomic E-state index is 0.254. The fourth-order valence-electron chi connectivity index (χ4n) is 1.98. The third-order valence-electron chi connectivity index (χ3n) is 3.07. The van der Waals surface area contributed by atoms with Crippen molar-refractivity contribution in [2.24, 2.45) is 12.0 Å². The maximum absolute atomic E-state index is 9.29. The van der Waals surface area contributed by atoms with Crippen molar-refractivity contribution in [1.29, 1.82) is 0 Å². The van der Waals surface area contributed by atoms with Crippen LogP contribution < -0.4 is 4.80 Å². The highest BCUT2D eigenvalue weighted by Crippen LogP contribution is 2.20. The molecule has 0 saturated carbocycles. The molecule has 0 aliphatic rings. The summed E-state index contributed by atoms with van der Waals surface area (Å²) in [5, 5.41) is 11.4. The van der Waals surface area contributed by atoms with Gasteiger partial charge in [-0.3, -0.25) is 0 Å². The van der Waals surface area contributed by atoms with E-state index in [2.05, 4.69) is 27.1 Å². The van der Waals surface area contributed by atoms with E-state index in [1.54, 1.807) is 35.6 Å². The quantitative estimate of drug-likeness (QED) is 0.764. The summed E-state index contributed by atoms with van der Waals surface area (Å²) in [4.78, 5) is 5.52. The van der Waals surface area contributed by atoms with Gasteiger partial charge in [-0.15, -0.1) is 11.3 Å². The van der Waals surface area contributed by atoms with Crippen molar-refractivity contribution >= 4 is 17.0 Å². The van der Waals surface area contributed by atoms with Gasteiger partial charge in [0.25, 0.3) is 0 Å². The third kappa shape index (κ3) is 2.51. The van der Waals surface area contributed by atoms with Crippen LogP contribution in [-0.4, -0.2) is 9.67 Å². The molecule has 0 radical (unpaired) electrons. The van der Waals surface area contributed by atoms with Gasteiger partial charge in [0.1, 0.15) is 5.75 Å². The summed E-state index contributed by atoms with van der Waals surface area (Å²) in [6.07, 6.45) is 0. The maximum atomic E-state index is 9.29. The van der Waals surface area contributed by atoms with Gasteiger partial charge >= 0.3 is 0 Å². The van der Waals surface area contributed by atoms with Crippen LogP contribution in [0.5, 0.6) is 5.75 Å². The average Bonchev–Trinajstić information content (AvgIpc) is 2.84. The van der Waals surface area contributed by atoms with E-state index in [1.807, 2.05) is 25.2 Å². The van der Waals surface area contributed by atoms with Crippen LogP contribution in [0.2, 0.25) is 0 Å². The number of phenols is 1. The van der Waals surface area contributed by atoms with Crippen LogP contribution in [0, 0.1) is 0 Å². The van der Waals surface area contributed by atoms with E-state index in [9.17, 15) is 5.11 Å². The molecule has 3 rings (SSSR count). The second kappa shape index (κ2) is 5.35. The number of benzene rings is 2. The SMILES string of the molecule is Cn1c(-c2ccccc2)csc1=Nc1ccc(O)cc1. The van der Waals surface area contributed by atoms with Gasteiger partial charge in [-0.2, -0.15) is 0 Å². The zero-order valence-corrected chi connectivity index (χ0v) is 11.8. The van der Waals surface area contributed by atoms with E-state index in [0.29, 0.717) is 0 Å². The van der Waals surface area contributed by atoms with Gasteiger partial charge in [0.05, 0.1) is 11.4 Å². The molecule has 3 aromatic rings. The highest BCUT2D eigenvalue weighted by molar-refractivity contribution is 7.07. The molecule has 100 valence electrons. The van der Waals surface area contributed by atoms with Gasteiger partial charge in [0.15, 0.2) is 4.80 Å². The Bertz CT molecular complexity index is 770. The van der Waals surface area contributed by atoms with Crippen molar-refractivity contribution in [3.8, 4) is 17.0 Å². The lowest BCUT2D eigenvalue weighted by Crippen LogP contribution is -2.10. The highest BCUT2D eigenvalue weighted by atomic mass is 32.1. The van der Waals surface area contributed by atoms with Crippen molar-refractivity contribution in [3.05, 3.63) is 64.8 Å². The zero-order valence-electron chi connectivity index (χ0n) is 11.0. The maximum Gasteiger partial charge on any atom is 0.190 e. The van der Waals surface area contributed by atoms with Crippen LogP contribution in [0.15, 0.2) is 65.0 Å². The van der Waals surface area contributed by atoms with Crippen LogP contribution in [0.3, 0.4) is 0 Å². The Labute approximate surface area is 121 Å². The van der Waals surface area contributed by atoms with Crippen LogP contribution in [0.1, 0.15) is 0 Å². The second-order valence-corrected chi connectivity index (χ2v) is 5.29.